The molecule has 1 aliphatic heterocycles. The molecule has 1 aromatic heterocycles. The van der Waals surface area contributed by atoms with Crippen LogP contribution in [0, 0.1) is 6.92 Å². The number of carbonyl (C=O) groups excluding carboxylic acids is 1. The molecule has 1 aliphatic rings. The Morgan fingerprint density at radius 3 is 2.59 bits per heavy atom. The van der Waals surface area contributed by atoms with Crippen LogP contribution in [0.3, 0.4) is 0 Å². The third-order valence-corrected chi connectivity index (χ3v) is 3.87. The van der Waals surface area contributed by atoms with Crippen molar-refractivity contribution < 1.29 is 19.0 Å². The molecular formula is C15H17N3O4. The van der Waals surface area contributed by atoms with E-state index in [-0.39, 0.29) is 0 Å². The van der Waals surface area contributed by atoms with E-state index in [1.54, 1.807) is 23.9 Å². The molecule has 0 radical (unpaired) electrons. The lowest BCUT2D eigenvalue weighted by atomic mass is 9.98. The highest BCUT2D eigenvalue weighted by Gasteiger charge is 2.39. The minimum atomic E-state index is -0.587. The van der Waals surface area contributed by atoms with Crippen molar-refractivity contribution in [2.24, 2.45) is 7.05 Å². The number of fused-ring (bicyclic) bond motifs is 1. The number of aryl methyl sites for hydroxylation is 2. The van der Waals surface area contributed by atoms with Crippen LogP contribution in [0.4, 0.5) is 5.82 Å². The van der Waals surface area contributed by atoms with Gasteiger partial charge in [0.1, 0.15) is 11.4 Å². The highest BCUT2D eigenvalue weighted by molar-refractivity contribution is 5.98. The lowest BCUT2D eigenvalue weighted by Crippen LogP contribution is -2.06. The number of cyclic esters (lactones) is 1. The first-order valence-corrected chi connectivity index (χ1v) is 6.74. The fraction of sp³-hybridized carbons (Fsp3) is 0.333. The minimum Gasteiger partial charge on any atom is -0.493 e. The van der Waals surface area contributed by atoms with Crippen molar-refractivity contribution in [1.82, 2.24) is 9.78 Å². The van der Waals surface area contributed by atoms with E-state index in [2.05, 4.69) is 5.10 Å². The summed E-state index contributed by atoms with van der Waals surface area (Å²) < 4.78 is 17.6. The lowest BCUT2D eigenvalue weighted by Gasteiger charge is -2.13. The van der Waals surface area contributed by atoms with Crippen molar-refractivity contribution in [3.63, 3.8) is 0 Å². The standard InChI is InChI=1S/C15H17N3O4/c1-7-10(14(16)18(2)17-7)12-8-5-6-9(20-3)13(21-4)11(8)15(19)22-12/h5-6,12H,16H2,1-4H3/t12-/m0/s1. The van der Waals surface area contributed by atoms with Gasteiger partial charge in [0.25, 0.3) is 0 Å². The number of nitrogens with two attached hydrogens (primary N) is 1. The second-order valence-corrected chi connectivity index (χ2v) is 5.06. The smallest absolute Gasteiger partial charge is 0.343 e. The average molecular weight is 303 g/mol. The monoisotopic (exact) mass is 303 g/mol. The van der Waals surface area contributed by atoms with E-state index in [1.165, 1.54) is 14.2 Å². The van der Waals surface area contributed by atoms with Gasteiger partial charge in [-0.2, -0.15) is 5.10 Å². The first kappa shape index (κ1) is 14.2. The number of nitrogens with zero attached hydrogens (tertiary/aromatic N) is 2. The van der Waals surface area contributed by atoms with Crippen LogP contribution < -0.4 is 15.2 Å². The molecule has 0 saturated heterocycles. The number of methoxy groups -OCH3 is 2. The number of aromatic nitrogens is 2. The molecule has 0 unspecified atom stereocenters. The number of nitrogen functional groups attached to an aromatic ring is 1. The SMILES string of the molecule is COc1ccc2c(c1OC)C(=O)O[C@@H]2c1c(C)nn(C)c1N. The van der Waals surface area contributed by atoms with E-state index in [0.29, 0.717) is 34.0 Å². The second-order valence-electron chi connectivity index (χ2n) is 5.06. The first-order chi connectivity index (χ1) is 10.5. The molecular weight excluding hydrogens is 286 g/mol. The molecule has 7 heteroatoms. The molecule has 2 N–H and O–H groups in total. The van der Waals surface area contributed by atoms with Crippen LogP contribution in [0.15, 0.2) is 12.1 Å². The van der Waals surface area contributed by atoms with Crippen LogP contribution in [0.2, 0.25) is 0 Å². The van der Waals surface area contributed by atoms with Crippen LogP contribution in [0.5, 0.6) is 11.5 Å². The van der Waals surface area contributed by atoms with Crippen molar-refractivity contribution in [3.8, 4) is 11.5 Å². The lowest BCUT2D eigenvalue weighted by molar-refractivity contribution is 0.0454. The van der Waals surface area contributed by atoms with Gasteiger partial charge in [0.15, 0.2) is 17.6 Å². The van der Waals surface area contributed by atoms with Crippen LogP contribution in [-0.4, -0.2) is 30.0 Å². The molecule has 0 spiro atoms. The van der Waals surface area contributed by atoms with E-state index in [9.17, 15) is 4.79 Å². The Labute approximate surface area is 127 Å². The third kappa shape index (κ3) is 1.82. The molecule has 7 nitrogen and oxygen atoms in total. The Morgan fingerprint density at radius 2 is 2.05 bits per heavy atom. The molecule has 1 atom stereocenters. The summed E-state index contributed by atoms with van der Waals surface area (Å²) >= 11 is 0. The molecule has 0 bridgehead atoms. The molecule has 2 aromatic rings. The largest absolute Gasteiger partial charge is 0.493 e. The average Bonchev–Trinajstić information content (AvgIpc) is 2.95. The maximum absolute atomic E-state index is 12.3. The number of benzene rings is 1. The number of esters is 1. The Balaban J connectivity index is 2.21. The summed E-state index contributed by atoms with van der Waals surface area (Å²) in [5, 5.41) is 4.27. The van der Waals surface area contributed by atoms with Gasteiger partial charge >= 0.3 is 5.97 Å². The van der Waals surface area contributed by atoms with Gasteiger partial charge < -0.3 is 19.9 Å². The molecule has 3 rings (SSSR count). The number of ether oxygens (including phenoxy) is 3. The van der Waals surface area contributed by atoms with Gasteiger partial charge in [0, 0.05) is 12.6 Å². The molecule has 22 heavy (non-hydrogen) atoms. The highest BCUT2D eigenvalue weighted by Crippen LogP contribution is 2.45. The Morgan fingerprint density at radius 1 is 1.32 bits per heavy atom. The maximum atomic E-state index is 12.3. The molecule has 0 aliphatic carbocycles. The van der Waals surface area contributed by atoms with Crippen molar-refractivity contribution in [3.05, 3.63) is 34.5 Å². The zero-order chi connectivity index (χ0) is 16.0. The number of rotatable bonds is 3. The van der Waals surface area contributed by atoms with E-state index >= 15 is 0 Å². The topological polar surface area (TPSA) is 88.6 Å². The normalized spacial score (nSPS) is 16.4. The summed E-state index contributed by atoms with van der Waals surface area (Å²) in [5.74, 6) is 0.860. The van der Waals surface area contributed by atoms with Gasteiger partial charge in [-0.3, -0.25) is 4.68 Å². The summed E-state index contributed by atoms with van der Waals surface area (Å²) in [5.41, 5.74) is 8.55. The Hall–Kier alpha value is -2.70. The maximum Gasteiger partial charge on any atom is 0.343 e. The van der Waals surface area contributed by atoms with Crippen molar-refractivity contribution in [2.45, 2.75) is 13.0 Å². The highest BCUT2D eigenvalue weighted by atomic mass is 16.6. The molecule has 2 heterocycles. The van der Waals surface area contributed by atoms with Gasteiger partial charge in [-0.25, -0.2) is 4.79 Å². The molecule has 0 saturated carbocycles. The van der Waals surface area contributed by atoms with Crippen LogP contribution in [0.25, 0.3) is 0 Å². The zero-order valence-corrected chi connectivity index (χ0v) is 12.8. The summed E-state index contributed by atoms with van der Waals surface area (Å²) in [4.78, 5) is 12.3. The van der Waals surface area contributed by atoms with Gasteiger partial charge in [-0.15, -0.1) is 0 Å². The first-order valence-electron chi connectivity index (χ1n) is 6.74. The minimum absolute atomic E-state index is 0.368. The fourth-order valence-electron chi connectivity index (χ4n) is 2.83. The molecule has 0 amide bonds. The Bertz CT molecular complexity index is 767. The number of hydrogen-bond donors (Lipinski definition) is 1. The van der Waals surface area contributed by atoms with E-state index < -0.39 is 12.1 Å². The van der Waals surface area contributed by atoms with E-state index in [1.807, 2.05) is 6.92 Å². The van der Waals surface area contributed by atoms with Crippen LogP contribution in [-0.2, 0) is 11.8 Å². The Kier molecular flexibility index (Phi) is 3.20. The van der Waals surface area contributed by atoms with Crippen LogP contribution >= 0.6 is 0 Å². The van der Waals surface area contributed by atoms with Crippen molar-refractivity contribution in [2.75, 3.05) is 20.0 Å². The summed E-state index contributed by atoms with van der Waals surface area (Å²) in [6, 6.07) is 3.53. The summed E-state index contributed by atoms with van der Waals surface area (Å²) in [7, 11) is 4.76. The fourth-order valence-corrected chi connectivity index (χ4v) is 2.83. The van der Waals surface area contributed by atoms with Gasteiger partial charge in [-0.05, 0) is 13.0 Å². The molecule has 116 valence electrons. The summed E-state index contributed by atoms with van der Waals surface area (Å²) in [6.45, 7) is 1.83. The number of hydrogen-bond acceptors (Lipinski definition) is 6. The zero-order valence-electron chi connectivity index (χ0n) is 12.8. The quantitative estimate of drug-likeness (QED) is 0.866. The van der Waals surface area contributed by atoms with Crippen LogP contribution in [0.1, 0.15) is 33.3 Å². The van der Waals surface area contributed by atoms with Gasteiger partial charge in [0.2, 0.25) is 0 Å². The molecule has 1 aromatic carbocycles. The third-order valence-electron chi connectivity index (χ3n) is 3.87. The molecule has 0 fully saturated rings. The number of anilines is 1. The summed E-state index contributed by atoms with van der Waals surface area (Å²) in [6.07, 6.45) is -0.587. The van der Waals surface area contributed by atoms with E-state index in [4.69, 9.17) is 19.9 Å². The second kappa shape index (κ2) is 4.94. The number of carbonyl (C=O) groups is 1. The van der Waals surface area contributed by atoms with Gasteiger partial charge in [-0.1, -0.05) is 6.07 Å². The van der Waals surface area contributed by atoms with Crippen molar-refractivity contribution in [1.29, 1.82) is 0 Å². The predicted molar refractivity (Wildman–Crippen MR) is 79.2 cm³/mol. The predicted octanol–water partition coefficient (Wildman–Crippen LogP) is 1.59. The van der Waals surface area contributed by atoms with E-state index in [0.717, 1.165) is 5.69 Å². The van der Waals surface area contributed by atoms with Gasteiger partial charge in [0.05, 0.1) is 25.5 Å². The van der Waals surface area contributed by atoms with Crippen molar-refractivity contribution >= 4 is 11.8 Å².